The van der Waals surface area contributed by atoms with E-state index in [4.69, 9.17) is 0 Å². The summed E-state index contributed by atoms with van der Waals surface area (Å²) in [5.41, 5.74) is 3.17. The SMILES string of the molecule is CC(=O)Nc1cc(-c2n[nH]c(=O)c3ccccc23)ccc1N1CCCCCC1. The third-order valence-corrected chi connectivity index (χ3v) is 5.22. The van der Waals surface area contributed by atoms with Crippen molar-refractivity contribution < 1.29 is 4.79 Å². The standard InChI is InChI=1S/C22H24N4O2/c1-15(27)23-19-14-16(10-11-20(19)26-12-6-2-3-7-13-26)21-17-8-4-5-9-18(17)22(28)25-24-21/h4-5,8-11,14H,2-3,6-7,12-13H2,1H3,(H,23,27)(H,25,28). The fourth-order valence-corrected chi connectivity index (χ4v) is 3.90. The number of hydrogen-bond donors (Lipinski definition) is 2. The van der Waals surface area contributed by atoms with Crippen molar-refractivity contribution in [1.82, 2.24) is 10.2 Å². The van der Waals surface area contributed by atoms with Crippen LogP contribution in [0.5, 0.6) is 0 Å². The molecule has 6 heteroatoms. The van der Waals surface area contributed by atoms with Crippen molar-refractivity contribution >= 4 is 28.1 Å². The average Bonchev–Trinajstić information content (AvgIpc) is 2.97. The second-order valence-electron chi connectivity index (χ2n) is 7.26. The molecule has 1 amide bonds. The molecule has 6 nitrogen and oxygen atoms in total. The minimum absolute atomic E-state index is 0.104. The zero-order valence-corrected chi connectivity index (χ0v) is 16.0. The van der Waals surface area contributed by atoms with E-state index in [1.54, 1.807) is 6.07 Å². The highest BCUT2D eigenvalue weighted by atomic mass is 16.1. The molecule has 28 heavy (non-hydrogen) atoms. The van der Waals surface area contributed by atoms with Gasteiger partial charge in [0.05, 0.1) is 22.5 Å². The number of carbonyl (C=O) groups is 1. The van der Waals surface area contributed by atoms with E-state index in [0.29, 0.717) is 11.1 Å². The highest BCUT2D eigenvalue weighted by Gasteiger charge is 2.17. The smallest absolute Gasteiger partial charge is 0.272 e. The molecule has 0 aliphatic carbocycles. The molecular formula is C22H24N4O2. The molecule has 2 N–H and O–H groups in total. The van der Waals surface area contributed by atoms with E-state index in [-0.39, 0.29) is 11.5 Å². The first kappa shape index (κ1) is 18.2. The first-order valence-corrected chi connectivity index (χ1v) is 9.78. The van der Waals surface area contributed by atoms with E-state index < -0.39 is 0 Å². The number of aromatic nitrogens is 2. The summed E-state index contributed by atoms with van der Waals surface area (Å²) in [6.07, 6.45) is 4.81. The Morgan fingerprint density at radius 3 is 2.46 bits per heavy atom. The topological polar surface area (TPSA) is 78.1 Å². The van der Waals surface area contributed by atoms with E-state index in [1.165, 1.54) is 19.8 Å². The number of amides is 1. The van der Waals surface area contributed by atoms with Gasteiger partial charge in [-0.2, -0.15) is 5.10 Å². The van der Waals surface area contributed by atoms with E-state index in [0.717, 1.165) is 48.3 Å². The Balaban J connectivity index is 1.82. The quantitative estimate of drug-likeness (QED) is 0.726. The number of nitrogens with zero attached hydrogens (tertiary/aromatic N) is 2. The zero-order chi connectivity index (χ0) is 19.5. The molecule has 0 bridgehead atoms. The highest BCUT2D eigenvalue weighted by Crippen LogP contribution is 2.34. The van der Waals surface area contributed by atoms with Gasteiger partial charge in [0.25, 0.3) is 5.56 Å². The maximum Gasteiger partial charge on any atom is 0.272 e. The minimum Gasteiger partial charge on any atom is -0.370 e. The van der Waals surface area contributed by atoms with Gasteiger partial charge in [-0.15, -0.1) is 0 Å². The summed E-state index contributed by atoms with van der Waals surface area (Å²) in [5.74, 6) is -0.104. The van der Waals surface area contributed by atoms with Gasteiger partial charge in [-0.05, 0) is 31.0 Å². The molecule has 1 fully saturated rings. The van der Waals surface area contributed by atoms with Gasteiger partial charge in [0.15, 0.2) is 0 Å². The molecule has 0 unspecified atom stereocenters. The van der Waals surface area contributed by atoms with Crippen LogP contribution in [-0.2, 0) is 4.79 Å². The van der Waals surface area contributed by atoms with Crippen LogP contribution in [0.1, 0.15) is 32.6 Å². The lowest BCUT2D eigenvalue weighted by molar-refractivity contribution is -0.114. The van der Waals surface area contributed by atoms with E-state index in [9.17, 15) is 9.59 Å². The maximum absolute atomic E-state index is 12.1. The van der Waals surface area contributed by atoms with Crippen molar-refractivity contribution in [2.75, 3.05) is 23.3 Å². The lowest BCUT2D eigenvalue weighted by Gasteiger charge is -2.26. The number of fused-ring (bicyclic) bond motifs is 1. The largest absolute Gasteiger partial charge is 0.370 e. The van der Waals surface area contributed by atoms with Crippen LogP contribution in [0.4, 0.5) is 11.4 Å². The number of rotatable bonds is 3. The molecule has 2 aromatic carbocycles. The lowest BCUT2D eigenvalue weighted by atomic mass is 10.0. The van der Waals surface area contributed by atoms with Crippen LogP contribution < -0.4 is 15.8 Å². The Hall–Kier alpha value is -3.15. The first-order valence-electron chi connectivity index (χ1n) is 9.78. The predicted octanol–water partition coefficient (Wildman–Crippen LogP) is 3.93. The molecule has 0 spiro atoms. The second kappa shape index (κ2) is 7.84. The van der Waals surface area contributed by atoms with Crippen LogP contribution in [0.3, 0.4) is 0 Å². The molecule has 144 valence electrons. The summed E-state index contributed by atoms with van der Waals surface area (Å²) < 4.78 is 0. The lowest BCUT2D eigenvalue weighted by Crippen LogP contribution is -2.25. The van der Waals surface area contributed by atoms with Gasteiger partial charge in [0, 0.05) is 31.0 Å². The predicted molar refractivity (Wildman–Crippen MR) is 113 cm³/mol. The highest BCUT2D eigenvalue weighted by molar-refractivity contribution is 5.97. The fourth-order valence-electron chi connectivity index (χ4n) is 3.90. The second-order valence-corrected chi connectivity index (χ2v) is 7.26. The molecule has 4 rings (SSSR count). The molecule has 0 radical (unpaired) electrons. The van der Waals surface area contributed by atoms with E-state index in [1.807, 2.05) is 36.4 Å². The van der Waals surface area contributed by atoms with Crippen LogP contribution in [0.25, 0.3) is 22.0 Å². The number of hydrogen-bond acceptors (Lipinski definition) is 4. The van der Waals surface area contributed by atoms with Crippen LogP contribution in [0.15, 0.2) is 47.3 Å². The van der Waals surface area contributed by atoms with Gasteiger partial charge in [-0.3, -0.25) is 9.59 Å². The zero-order valence-electron chi connectivity index (χ0n) is 16.0. The van der Waals surface area contributed by atoms with Crippen molar-refractivity contribution in [3.05, 3.63) is 52.8 Å². The Morgan fingerprint density at radius 1 is 1.04 bits per heavy atom. The Bertz CT molecular complexity index is 1070. The summed E-state index contributed by atoms with van der Waals surface area (Å²) in [4.78, 5) is 26.3. The third-order valence-electron chi connectivity index (χ3n) is 5.22. The maximum atomic E-state index is 12.1. The molecular weight excluding hydrogens is 352 g/mol. The minimum atomic E-state index is -0.206. The van der Waals surface area contributed by atoms with Gasteiger partial charge >= 0.3 is 0 Å². The van der Waals surface area contributed by atoms with Crippen molar-refractivity contribution in [2.45, 2.75) is 32.6 Å². The van der Waals surface area contributed by atoms with Gasteiger partial charge in [0.1, 0.15) is 0 Å². The monoisotopic (exact) mass is 376 g/mol. The van der Waals surface area contributed by atoms with Crippen molar-refractivity contribution in [3.63, 3.8) is 0 Å². The van der Waals surface area contributed by atoms with Crippen LogP contribution in [0.2, 0.25) is 0 Å². The summed E-state index contributed by atoms with van der Waals surface area (Å²) in [7, 11) is 0. The Kier molecular flexibility index (Phi) is 5.10. The number of aromatic amines is 1. The van der Waals surface area contributed by atoms with Crippen LogP contribution >= 0.6 is 0 Å². The average molecular weight is 376 g/mol. The van der Waals surface area contributed by atoms with Crippen molar-refractivity contribution in [2.24, 2.45) is 0 Å². The molecule has 1 aliphatic rings. The van der Waals surface area contributed by atoms with Crippen LogP contribution in [-0.4, -0.2) is 29.2 Å². The van der Waals surface area contributed by atoms with Gasteiger partial charge in [-0.1, -0.05) is 37.1 Å². The summed E-state index contributed by atoms with van der Waals surface area (Å²) in [5, 5.41) is 11.3. The Morgan fingerprint density at radius 2 is 1.75 bits per heavy atom. The van der Waals surface area contributed by atoms with E-state index >= 15 is 0 Å². The van der Waals surface area contributed by atoms with Crippen molar-refractivity contribution in [3.8, 4) is 11.3 Å². The number of anilines is 2. The van der Waals surface area contributed by atoms with E-state index in [2.05, 4.69) is 20.4 Å². The molecule has 2 heterocycles. The molecule has 1 aromatic heterocycles. The molecule has 3 aromatic rings. The fraction of sp³-hybridized carbons (Fsp3) is 0.318. The third kappa shape index (κ3) is 3.63. The number of benzene rings is 2. The molecule has 1 aliphatic heterocycles. The Labute approximate surface area is 163 Å². The molecule has 0 atom stereocenters. The number of nitrogens with one attached hydrogen (secondary N) is 2. The number of H-pyrrole nitrogens is 1. The van der Waals surface area contributed by atoms with Crippen molar-refractivity contribution in [1.29, 1.82) is 0 Å². The van der Waals surface area contributed by atoms with Gasteiger partial charge in [0.2, 0.25) is 5.91 Å². The first-order chi connectivity index (χ1) is 13.6. The summed E-state index contributed by atoms with van der Waals surface area (Å²) >= 11 is 0. The number of carbonyl (C=O) groups excluding carboxylic acids is 1. The normalized spacial score (nSPS) is 14.7. The molecule has 0 saturated carbocycles. The van der Waals surface area contributed by atoms with Gasteiger partial charge in [-0.25, -0.2) is 5.10 Å². The summed E-state index contributed by atoms with van der Waals surface area (Å²) in [6.45, 7) is 3.50. The van der Waals surface area contributed by atoms with Gasteiger partial charge < -0.3 is 10.2 Å². The summed E-state index contributed by atoms with van der Waals surface area (Å²) in [6, 6.07) is 13.4. The van der Waals surface area contributed by atoms with Crippen LogP contribution in [0, 0.1) is 0 Å². The molecule has 1 saturated heterocycles.